The maximum absolute atomic E-state index is 11.4. The summed E-state index contributed by atoms with van der Waals surface area (Å²) in [5.41, 5.74) is 2.21. The molecule has 0 heterocycles. The van der Waals surface area contributed by atoms with Gasteiger partial charge >= 0.3 is 0 Å². The molecule has 1 aromatic carbocycles. The maximum atomic E-state index is 11.4. The first kappa shape index (κ1) is 11.4. The molecule has 1 amide bonds. The highest BCUT2D eigenvalue weighted by Crippen LogP contribution is 2.22. The van der Waals surface area contributed by atoms with Crippen LogP contribution in [0.15, 0.2) is 18.2 Å². The molecule has 0 aliphatic carbocycles. The van der Waals surface area contributed by atoms with Gasteiger partial charge in [-0.1, -0.05) is 19.1 Å². The molecule has 1 rings (SSSR count). The average molecular weight is 205 g/mol. The lowest BCUT2D eigenvalue weighted by molar-refractivity contribution is -0.114. The Balaban J connectivity index is 3.26. The molecule has 0 saturated carbocycles. The van der Waals surface area contributed by atoms with Crippen LogP contribution in [0.25, 0.3) is 0 Å². The molecular formula is C12H15NO2. The normalized spacial score (nSPS) is 9.80. The number of amides is 1. The molecule has 3 nitrogen and oxygen atoms in total. The lowest BCUT2D eigenvalue weighted by Crippen LogP contribution is -2.12. The van der Waals surface area contributed by atoms with E-state index in [-0.39, 0.29) is 11.7 Å². The summed E-state index contributed by atoms with van der Waals surface area (Å²) in [5, 5.41) is 2.71. The number of carbonyl (C=O) groups is 2. The van der Waals surface area contributed by atoms with Crippen molar-refractivity contribution < 1.29 is 9.59 Å². The summed E-state index contributed by atoms with van der Waals surface area (Å²) in [7, 11) is 0. The second-order valence-electron chi connectivity index (χ2n) is 3.43. The van der Waals surface area contributed by atoms with Gasteiger partial charge in [-0.3, -0.25) is 9.59 Å². The molecule has 0 aliphatic rings. The minimum Gasteiger partial charge on any atom is -0.325 e. The Hall–Kier alpha value is -1.64. The number of anilines is 1. The summed E-state index contributed by atoms with van der Waals surface area (Å²) in [6.07, 6.45) is 0.788. The topological polar surface area (TPSA) is 46.2 Å². The van der Waals surface area contributed by atoms with Crippen molar-refractivity contribution in [2.75, 3.05) is 5.32 Å². The van der Waals surface area contributed by atoms with Crippen LogP contribution >= 0.6 is 0 Å². The van der Waals surface area contributed by atoms with E-state index in [2.05, 4.69) is 5.32 Å². The average Bonchev–Trinajstić information content (AvgIpc) is 2.16. The molecule has 0 aromatic heterocycles. The van der Waals surface area contributed by atoms with Gasteiger partial charge in [0.05, 0.1) is 5.69 Å². The molecule has 15 heavy (non-hydrogen) atoms. The van der Waals surface area contributed by atoms with Gasteiger partial charge < -0.3 is 5.32 Å². The first-order chi connectivity index (χ1) is 7.06. The fourth-order valence-corrected chi connectivity index (χ4v) is 1.51. The molecule has 0 radical (unpaired) electrons. The number of benzene rings is 1. The lowest BCUT2D eigenvalue weighted by atomic mass is 10.0. The molecule has 0 fully saturated rings. The minimum absolute atomic E-state index is 0.0333. The van der Waals surface area contributed by atoms with Crippen LogP contribution in [0.2, 0.25) is 0 Å². The summed E-state index contributed by atoms with van der Waals surface area (Å²) >= 11 is 0. The van der Waals surface area contributed by atoms with Gasteiger partial charge in [-0.25, -0.2) is 0 Å². The molecule has 1 aromatic rings. The first-order valence-corrected chi connectivity index (χ1v) is 4.96. The third kappa shape index (κ3) is 2.65. The third-order valence-electron chi connectivity index (χ3n) is 2.21. The van der Waals surface area contributed by atoms with Crippen molar-refractivity contribution in [3.05, 3.63) is 29.3 Å². The smallest absolute Gasteiger partial charge is 0.221 e. The summed E-state index contributed by atoms with van der Waals surface area (Å²) < 4.78 is 0. The van der Waals surface area contributed by atoms with Crippen molar-refractivity contribution in [1.82, 2.24) is 0 Å². The van der Waals surface area contributed by atoms with Crippen LogP contribution in [0.4, 0.5) is 5.69 Å². The Kier molecular flexibility index (Phi) is 3.61. The summed E-state index contributed by atoms with van der Waals surface area (Å²) in [5.74, 6) is -0.188. The predicted octanol–water partition coefficient (Wildman–Crippen LogP) is 2.41. The lowest BCUT2D eigenvalue weighted by Gasteiger charge is -2.12. The summed E-state index contributed by atoms with van der Waals surface area (Å²) in [4.78, 5) is 22.4. The van der Waals surface area contributed by atoms with Gasteiger partial charge in [-0.2, -0.15) is 0 Å². The second-order valence-corrected chi connectivity index (χ2v) is 3.43. The van der Waals surface area contributed by atoms with Gasteiger partial charge in [0.25, 0.3) is 0 Å². The van der Waals surface area contributed by atoms with Gasteiger partial charge in [-0.05, 0) is 25.0 Å². The molecule has 80 valence electrons. The van der Waals surface area contributed by atoms with E-state index in [4.69, 9.17) is 0 Å². The van der Waals surface area contributed by atoms with Gasteiger partial charge in [0.15, 0.2) is 5.78 Å². The zero-order chi connectivity index (χ0) is 11.4. The fourth-order valence-electron chi connectivity index (χ4n) is 1.51. The number of rotatable bonds is 3. The van der Waals surface area contributed by atoms with Crippen LogP contribution in [-0.4, -0.2) is 11.7 Å². The zero-order valence-corrected chi connectivity index (χ0v) is 9.26. The van der Waals surface area contributed by atoms with Crippen LogP contribution in [-0.2, 0) is 11.2 Å². The molecule has 0 bridgehead atoms. The van der Waals surface area contributed by atoms with Crippen molar-refractivity contribution in [1.29, 1.82) is 0 Å². The number of aryl methyl sites for hydroxylation is 1. The number of ketones is 1. The molecule has 3 heteroatoms. The van der Waals surface area contributed by atoms with E-state index in [1.807, 2.05) is 19.1 Å². The Morgan fingerprint density at radius 1 is 1.27 bits per heavy atom. The van der Waals surface area contributed by atoms with Crippen molar-refractivity contribution in [2.24, 2.45) is 0 Å². The number of Topliss-reactive ketones (excluding diaryl/α,β-unsaturated/α-hetero) is 1. The number of carbonyl (C=O) groups excluding carboxylic acids is 2. The molecular weight excluding hydrogens is 190 g/mol. The zero-order valence-electron chi connectivity index (χ0n) is 9.26. The molecule has 1 N–H and O–H groups in total. The van der Waals surface area contributed by atoms with Crippen molar-refractivity contribution >= 4 is 17.4 Å². The largest absolute Gasteiger partial charge is 0.325 e. The second kappa shape index (κ2) is 4.73. The highest BCUT2D eigenvalue weighted by atomic mass is 16.1. The molecule has 0 aliphatic heterocycles. The van der Waals surface area contributed by atoms with E-state index in [0.717, 1.165) is 12.0 Å². The monoisotopic (exact) mass is 205 g/mol. The first-order valence-electron chi connectivity index (χ1n) is 4.96. The van der Waals surface area contributed by atoms with Gasteiger partial charge in [0.2, 0.25) is 5.91 Å². The van der Waals surface area contributed by atoms with E-state index in [1.165, 1.54) is 13.8 Å². The van der Waals surface area contributed by atoms with E-state index in [0.29, 0.717) is 11.3 Å². The van der Waals surface area contributed by atoms with Crippen molar-refractivity contribution in [3.8, 4) is 0 Å². The number of hydrogen-bond acceptors (Lipinski definition) is 2. The van der Waals surface area contributed by atoms with E-state index in [9.17, 15) is 9.59 Å². The van der Waals surface area contributed by atoms with Crippen molar-refractivity contribution in [2.45, 2.75) is 27.2 Å². The molecule has 0 unspecified atom stereocenters. The Morgan fingerprint density at radius 3 is 2.40 bits per heavy atom. The Morgan fingerprint density at radius 2 is 1.93 bits per heavy atom. The van der Waals surface area contributed by atoms with E-state index < -0.39 is 0 Å². The fraction of sp³-hybridized carbons (Fsp3) is 0.333. The van der Waals surface area contributed by atoms with Crippen LogP contribution < -0.4 is 5.32 Å². The van der Waals surface area contributed by atoms with Gasteiger partial charge in [0, 0.05) is 12.5 Å². The highest BCUT2D eigenvalue weighted by molar-refractivity contribution is 6.04. The predicted molar refractivity (Wildman–Crippen MR) is 60.1 cm³/mol. The summed E-state index contributed by atoms with van der Waals surface area (Å²) in [6.45, 7) is 4.93. The maximum Gasteiger partial charge on any atom is 0.221 e. The molecule has 0 saturated heterocycles. The minimum atomic E-state index is -0.154. The van der Waals surface area contributed by atoms with Gasteiger partial charge in [-0.15, -0.1) is 0 Å². The van der Waals surface area contributed by atoms with E-state index in [1.54, 1.807) is 6.07 Å². The van der Waals surface area contributed by atoms with Gasteiger partial charge in [0.1, 0.15) is 0 Å². The number of hydrogen-bond donors (Lipinski definition) is 1. The van der Waals surface area contributed by atoms with Crippen LogP contribution in [0.1, 0.15) is 36.7 Å². The summed E-state index contributed by atoms with van der Waals surface area (Å²) in [6, 6.07) is 5.48. The SMILES string of the molecule is CCc1cccc(C(C)=O)c1NC(C)=O. The van der Waals surface area contributed by atoms with Crippen molar-refractivity contribution in [3.63, 3.8) is 0 Å². The van der Waals surface area contributed by atoms with E-state index >= 15 is 0 Å². The molecule has 0 spiro atoms. The number of nitrogens with one attached hydrogen (secondary N) is 1. The number of para-hydroxylation sites is 1. The van der Waals surface area contributed by atoms with Crippen LogP contribution in [0, 0.1) is 0 Å². The third-order valence-corrected chi connectivity index (χ3v) is 2.21. The molecule has 0 atom stereocenters. The highest BCUT2D eigenvalue weighted by Gasteiger charge is 2.11. The quantitative estimate of drug-likeness (QED) is 0.770. The Labute approximate surface area is 89.5 Å². The standard InChI is InChI=1S/C12H15NO2/c1-4-10-6-5-7-11(8(2)14)12(10)13-9(3)15/h5-7H,4H2,1-3H3,(H,13,15). The van der Waals surface area contributed by atoms with Crippen LogP contribution in [0.3, 0.4) is 0 Å². The van der Waals surface area contributed by atoms with Crippen LogP contribution in [0.5, 0.6) is 0 Å². The Bertz CT molecular complexity index is 397.